The maximum atomic E-state index is 7.11. The third-order valence-corrected chi connectivity index (χ3v) is 14.6. The zero-order chi connectivity index (χ0) is 48.6. The highest BCUT2D eigenvalue weighted by molar-refractivity contribution is 6.13. The van der Waals surface area contributed by atoms with E-state index in [0.717, 1.165) is 66.8 Å². The van der Waals surface area contributed by atoms with Crippen molar-refractivity contribution in [1.29, 1.82) is 0 Å². The topological polar surface area (TPSA) is 16.4 Å². The van der Waals surface area contributed by atoms with Crippen LogP contribution in [0.3, 0.4) is 0 Å². The summed E-state index contributed by atoms with van der Waals surface area (Å²) >= 11 is 0. The van der Waals surface area contributed by atoms with Crippen LogP contribution in [-0.2, 0) is 5.41 Å². The molecule has 0 spiro atoms. The third-order valence-electron chi connectivity index (χ3n) is 14.6. The van der Waals surface area contributed by atoms with Crippen LogP contribution in [0.5, 0.6) is 0 Å². The number of anilines is 3. The second kappa shape index (κ2) is 18.7. The van der Waals surface area contributed by atoms with Gasteiger partial charge < -0.3 is 9.32 Å². The minimum atomic E-state index is -0.562. The fourth-order valence-electron chi connectivity index (χ4n) is 11.3. The number of para-hydroxylation sites is 3. The van der Waals surface area contributed by atoms with Crippen molar-refractivity contribution in [2.24, 2.45) is 0 Å². The Morgan fingerprint density at radius 1 is 0.247 bits per heavy atom. The average molecular weight is 932 g/mol. The minimum absolute atomic E-state index is 0.562. The summed E-state index contributed by atoms with van der Waals surface area (Å²) in [7, 11) is 0. The van der Waals surface area contributed by atoms with Gasteiger partial charge in [0.15, 0.2) is 0 Å². The fraction of sp³-hybridized carbons (Fsp3) is 0.0141. The van der Waals surface area contributed by atoms with Crippen LogP contribution in [0.2, 0.25) is 0 Å². The summed E-state index contributed by atoms with van der Waals surface area (Å²) in [6.45, 7) is 0. The monoisotopic (exact) mass is 931 g/mol. The molecule has 0 N–H and O–H groups in total. The highest BCUT2D eigenvalue weighted by Crippen LogP contribution is 2.48. The Morgan fingerprint density at radius 3 is 1.22 bits per heavy atom. The number of nitrogens with zero attached hydrogens (tertiary/aromatic N) is 1. The summed E-state index contributed by atoms with van der Waals surface area (Å²) in [5, 5.41) is 4.57. The molecule has 0 atom stereocenters. The SMILES string of the molecule is c1ccc(-c2ccc(N(c3ccccc3)c3ccc(-c4ccc(-c5cccc6c5oc5c(-c7cccc(C(c8ccccc8)(c8ccccc8)c8ccccc8)c7)cccc56)cc4)c4ccccc34)cc2)cc1. The summed E-state index contributed by atoms with van der Waals surface area (Å²) < 4.78 is 7.11. The van der Waals surface area contributed by atoms with Crippen LogP contribution in [0.1, 0.15) is 22.3 Å². The molecular formula is C71H49NO. The largest absolute Gasteiger partial charge is 0.455 e. The fourth-order valence-corrected chi connectivity index (χ4v) is 11.3. The van der Waals surface area contributed by atoms with Gasteiger partial charge >= 0.3 is 0 Å². The molecule has 344 valence electrons. The molecule has 0 aliphatic heterocycles. The van der Waals surface area contributed by atoms with Crippen molar-refractivity contribution < 1.29 is 4.42 Å². The lowest BCUT2D eigenvalue weighted by Gasteiger charge is -2.37. The van der Waals surface area contributed by atoms with E-state index in [2.05, 4.69) is 302 Å². The lowest BCUT2D eigenvalue weighted by Crippen LogP contribution is -2.31. The molecule has 0 amide bonds. The molecule has 2 heteroatoms. The third kappa shape index (κ3) is 7.69. The van der Waals surface area contributed by atoms with Crippen molar-refractivity contribution in [3.8, 4) is 44.5 Å². The molecule has 0 aliphatic rings. The van der Waals surface area contributed by atoms with Gasteiger partial charge in [0.2, 0.25) is 0 Å². The van der Waals surface area contributed by atoms with Gasteiger partial charge in [0, 0.05) is 38.7 Å². The van der Waals surface area contributed by atoms with Crippen molar-refractivity contribution in [2.75, 3.05) is 4.90 Å². The number of hydrogen-bond acceptors (Lipinski definition) is 2. The summed E-state index contributed by atoms with van der Waals surface area (Å²) in [5.41, 5.74) is 18.4. The molecule has 1 heterocycles. The quantitative estimate of drug-likeness (QED) is 0.120. The maximum absolute atomic E-state index is 7.11. The maximum Gasteiger partial charge on any atom is 0.143 e. The van der Waals surface area contributed by atoms with Crippen molar-refractivity contribution in [3.63, 3.8) is 0 Å². The first-order valence-corrected chi connectivity index (χ1v) is 25.1. The predicted octanol–water partition coefficient (Wildman–Crippen LogP) is 19.3. The zero-order valence-electron chi connectivity index (χ0n) is 40.1. The first-order valence-electron chi connectivity index (χ1n) is 25.1. The lowest BCUT2D eigenvalue weighted by molar-refractivity contribution is 0.671. The van der Waals surface area contributed by atoms with Crippen LogP contribution in [-0.4, -0.2) is 0 Å². The normalized spacial score (nSPS) is 11.6. The van der Waals surface area contributed by atoms with E-state index >= 15 is 0 Å². The molecule has 13 aromatic rings. The Balaban J connectivity index is 0.877. The van der Waals surface area contributed by atoms with E-state index in [9.17, 15) is 0 Å². The summed E-state index contributed by atoms with van der Waals surface area (Å²) in [6, 6.07) is 107. The van der Waals surface area contributed by atoms with E-state index in [0.29, 0.717) is 0 Å². The Labute approximate surface area is 426 Å². The number of hydrogen-bond donors (Lipinski definition) is 0. The van der Waals surface area contributed by atoms with Gasteiger partial charge in [0.25, 0.3) is 0 Å². The zero-order valence-corrected chi connectivity index (χ0v) is 40.1. The van der Waals surface area contributed by atoms with Gasteiger partial charge in [0.1, 0.15) is 11.2 Å². The molecule has 0 unspecified atom stereocenters. The van der Waals surface area contributed by atoms with E-state index < -0.39 is 5.41 Å². The lowest BCUT2D eigenvalue weighted by atomic mass is 9.65. The predicted molar refractivity (Wildman–Crippen MR) is 306 cm³/mol. The smallest absolute Gasteiger partial charge is 0.143 e. The van der Waals surface area contributed by atoms with Gasteiger partial charge in [-0.3, -0.25) is 0 Å². The number of benzene rings is 12. The highest BCUT2D eigenvalue weighted by atomic mass is 16.3. The Hall–Kier alpha value is -9.50. The molecular weight excluding hydrogens is 883 g/mol. The molecule has 0 saturated heterocycles. The van der Waals surface area contributed by atoms with E-state index in [1.54, 1.807) is 0 Å². The van der Waals surface area contributed by atoms with Crippen LogP contribution in [0.4, 0.5) is 17.1 Å². The van der Waals surface area contributed by atoms with Crippen molar-refractivity contribution >= 4 is 49.8 Å². The van der Waals surface area contributed by atoms with Crippen molar-refractivity contribution in [2.45, 2.75) is 5.41 Å². The van der Waals surface area contributed by atoms with Gasteiger partial charge in [-0.2, -0.15) is 0 Å². The number of fused-ring (bicyclic) bond motifs is 4. The number of rotatable bonds is 11. The molecule has 12 aromatic carbocycles. The molecule has 2 nitrogen and oxygen atoms in total. The van der Waals surface area contributed by atoms with E-state index in [1.165, 1.54) is 49.7 Å². The minimum Gasteiger partial charge on any atom is -0.455 e. The summed E-state index contributed by atoms with van der Waals surface area (Å²) in [4.78, 5) is 2.37. The molecule has 0 aliphatic carbocycles. The van der Waals surface area contributed by atoms with Crippen LogP contribution < -0.4 is 4.90 Å². The molecule has 0 fully saturated rings. The van der Waals surface area contributed by atoms with E-state index in [-0.39, 0.29) is 0 Å². The van der Waals surface area contributed by atoms with Gasteiger partial charge in [-0.05, 0) is 97.4 Å². The summed E-state index contributed by atoms with van der Waals surface area (Å²) in [5.74, 6) is 0. The molecule has 0 bridgehead atoms. The second-order valence-corrected chi connectivity index (χ2v) is 18.7. The number of furan rings is 1. The Bertz CT molecular complexity index is 3940. The molecule has 73 heavy (non-hydrogen) atoms. The van der Waals surface area contributed by atoms with Crippen LogP contribution in [0.15, 0.2) is 302 Å². The van der Waals surface area contributed by atoms with Gasteiger partial charge in [-0.25, -0.2) is 0 Å². The first kappa shape index (κ1) is 43.5. The molecule has 13 rings (SSSR count). The molecule has 0 saturated carbocycles. The Kier molecular flexibility index (Phi) is 11.1. The van der Waals surface area contributed by atoms with Crippen molar-refractivity contribution in [1.82, 2.24) is 0 Å². The first-order chi connectivity index (χ1) is 36.2. The van der Waals surface area contributed by atoms with Gasteiger partial charge in [0.05, 0.1) is 11.1 Å². The van der Waals surface area contributed by atoms with E-state index in [4.69, 9.17) is 4.42 Å². The van der Waals surface area contributed by atoms with Crippen LogP contribution >= 0.6 is 0 Å². The van der Waals surface area contributed by atoms with Gasteiger partial charge in [-0.15, -0.1) is 0 Å². The standard InChI is InChI=1S/C71H49NO/c1-6-21-50(22-7-1)51-43-45-60(46-44-51)72(59-31-14-5-15-32-59)68-48-47-61(64-33-16-17-34-65(64)68)52-39-41-53(42-40-52)62-35-19-37-66-67-38-20-36-63(70(67)73-69(62)66)54-23-18-30-58(49-54)71(55-24-8-2-9-25-55,56-26-10-3-11-27-56)57-28-12-4-13-29-57/h1-49H. The average Bonchev–Trinajstić information content (AvgIpc) is 3.87. The summed E-state index contributed by atoms with van der Waals surface area (Å²) in [6.07, 6.45) is 0. The Morgan fingerprint density at radius 2 is 0.644 bits per heavy atom. The highest BCUT2D eigenvalue weighted by Gasteiger charge is 2.38. The molecule has 1 aromatic heterocycles. The van der Waals surface area contributed by atoms with Crippen LogP contribution in [0.25, 0.3) is 77.2 Å². The van der Waals surface area contributed by atoms with Gasteiger partial charge in [-0.1, -0.05) is 261 Å². The van der Waals surface area contributed by atoms with E-state index in [1.807, 2.05) is 0 Å². The molecule has 0 radical (unpaired) electrons. The van der Waals surface area contributed by atoms with Crippen LogP contribution in [0, 0.1) is 0 Å². The van der Waals surface area contributed by atoms with Crippen molar-refractivity contribution in [3.05, 3.63) is 320 Å². The second-order valence-electron chi connectivity index (χ2n) is 18.7.